The Morgan fingerprint density at radius 3 is 2.67 bits per heavy atom. The summed E-state index contributed by atoms with van der Waals surface area (Å²) in [4.78, 5) is 19.8. The quantitative estimate of drug-likeness (QED) is 0.842. The number of carbonyl (C=O) groups excluding carboxylic acids is 1. The van der Waals surface area contributed by atoms with Crippen LogP contribution in [0.2, 0.25) is 0 Å². The van der Waals surface area contributed by atoms with Crippen molar-refractivity contribution in [2.75, 3.05) is 5.73 Å². The van der Waals surface area contributed by atoms with Crippen LogP contribution in [0.25, 0.3) is 11.2 Å². The molecule has 2 aromatic heterocycles. The number of amides is 1. The van der Waals surface area contributed by atoms with Crippen molar-refractivity contribution < 1.29 is 4.79 Å². The molecule has 0 unspecified atom stereocenters. The van der Waals surface area contributed by atoms with Gasteiger partial charge in [0, 0.05) is 12.1 Å². The van der Waals surface area contributed by atoms with E-state index in [0.29, 0.717) is 11.6 Å². The molecular weight excluding hydrogens is 230 g/mol. The Hall–Kier alpha value is -2.11. The minimum atomic E-state index is -0.550. The molecule has 6 heteroatoms. The van der Waals surface area contributed by atoms with Gasteiger partial charge in [-0.3, -0.25) is 9.36 Å². The third kappa shape index (κ3) is 2.01. The summed E-state index contributed by atoms with van der Waals surface area (Å²) in [7, 11) is 0. The smallest absolute Gasteiger partial charge is 0.219 e. The number of hydrogen-bond acceptors (Lipinski definition) is 4. The summed E-state index contributed by atoms with van der Waals surface area (Å²) in [5, 5.41) is 0. The Kier molecular flexibility index (Phi) is 2.73. The highest BCUT2D eigenvalue weighted by molar-refractivity contribution is 5.77. The maximum atomic E-state index is 11.2. The summed E-state index contributed by atoms with van der Waals surface area (Å²) in [5.74, 6) is -0.0387. The first-order valence-electron chi connectivity index (χ1n) is 5.71. The lowest BCUT2D eigenvalue weighted by Gasteiger charge is -2.26. The number of nitrogen functional groups attached to an aromatic ring is 1. The number of imidazole rings is 1. The number of nitrogens with zero attached hydrogens (tertiary/aromatic N) is 3. The Morgan fingerprint density at radius 2 is 2.06 bits per heavy atom. The number of fused-ring (bicyclic) bond motifs is 1. The van der Waals surface area contributed by atoms with Crippen LogP contribution >= 0.6 is 0 Å². The molecule has 2 heterocycles. The molecule has 0 radical (unpaired) electrons. The second kappa shape index (κ2) is 3.97. The first kappa shape index (κ1) is 12.3. The van der Waals surface area contributed by atoms with E-state index in [2.05, 4.69) is 9.97 Å². The Morgan fingerprint density at radius 1 is 1.39 bits per heavy atom. The van der Waals surface area contributed by atoms with E-state index in [0.717, 1.165) is 11.2 Å². The normalized spacial score (nSPS) is 11.9. The molecule has 0 aliphatic rings. The van der Waals surface area contributed by atoms with Crippen molar-refractivity contribution in [1.29, 1.82) is 0 Å². The average Bonchev–Trinajstić information content (AvgIpc) is 2.51. The highest BCUT2D eigenvalue weighted by Crippen LogP contribution is 2.28. The number of rotatable bonds is 3. The van der Waals surface area contributed by atoms with E-state index in [1.54, 1.807) is 4.57 Å². The van der Waals surface area contributed by atoms with Gasteiger partial charge in [0.15, 0.2) is 5.65 Å². The summed E-state index contributed by atoms with van der Waals surface area (Å²) in [5.41, 5.74) is 12.9. The Bertz CT molecular complexity index is 614. The van der Waals surface area contributed by atoms with Gasteiger partial charge in [0.1, 0.15) is 5.52 Å². The zero-order valence-corrected chi connectivity index (χ0v) is 10.8. The maximum absolute atomic E-state index is 11.2. The molecule has 2 aromatic rings. The predicted molar refractivity (Wildman–Crippen MR) is 69.8 cm³/mol. The maximum Gasteiger partial charge on any atom is 0.219 e. The van der Waals surface area contributed by atoms with Gasteiger partial charge in [0.05, 0.1) is 5.54 Å². The van der Waals surface area contributed by atoms with Crippen molar-refractivity contribution in [2.24, 2.45) is 5.73 Å². The van der Waals surface area contributed by atoms with Crippen molar-refractivity contribution in [3.8, 4) is 0 Å². The molecule has 0 bridgehead atoms. The molecule has 18 heavy (non-hydrogen) atoms. The third-order valence-electron chi connectivity index (χ3n) is 2.88. The summed E-state index contributed by atoms with van der Waals surface area (Å²) in [6.45, 7) is 5.67. The molecule has 6 nitrogen and oxygen atoms in total. The van der Waals surface area contributed by atoms with Crippen LogP contribution in [-0.2, 0) is 10.3 Å². The molecule has 1 amide bonds. The number of aryl methyl sites for hydroxylation is 1. The Balaban J connectivity index is 2.65. The number of hydrogen-bond donors (Lipinski definition) is 2. The lowest BCUT2D eigenvalue weighted by atomic mass is 10.00. The molecule has 0 fully saturated rings. The van der Waals surface area contributed by atoms with E-state index in [9.17, 15) is 4.79 Å². The molecule has 96 valence electrons. The van der Waals surface area contributed by atoms with Crippen molar-refractivity contribution in [3.05, 3.63) is 17.8 Å². The largest absolute Gasteiger partial charge is 0.370 e. The van der Waals surface area contributed by atoms with Gasteiger partial charge < -0.3 is 11.5 Å². The highest BCUT2D eigenvalue weighted by Gasteiger charge is 2.27. The van der Waals surface area contributed by atoms with E-state index < -0.39 is 5.54 Å². The topological polar surface area (TPSA) is 99.8 Å². The zero-order valence-electron chi connectivity index (χ0n) is 10.8. The number of aromatic nitrogens is 3. The number of nitrogens with two attached hydrogens (primary N) is 2. The van der Waals surface area contributed by atoms with Gasteiger partial charge in [-0.15, -0.1) is 0 Å². The number of pyridine rings is 1. The van der Waals surface area contributed by atoms with E-state index in [-0.39, 0.29) is 12.3 Å². The first-order valence-corrected chi connectivity index (χ1v) is 5.71. The summed E-state index contributed by atoms with van der Waals surface area (Å²) >= 11 is 0. The molecule has 0 atom stereocenters. The van der Waals surface area contributed by atoms with Crippen LogP contribution < -0.4 is 11.5 Å². The molecule has 0 aliphatic heterocycles. The number of carbonyl (C=O) groups is 1. The lowest BCUT2D eigenvalue weighted by Crippen LogP contribution is -2.33. The van der Waals surface area contributed by atoms with Crippen LogP contribution in [0.5, 0.6) is 0 Å². The van der Waals surface area contributed by atoms with Gasteiger partial charge in [-0.2, -0.15) is 0 Å². The molecule has 2 rings (SSSR count). The van der Waals surface area contributed by atoms with Gasteiger partial charge in [0.2, 0.25) is 11.9 Å². The lowest BCUT2D eigenvalue weighted by molar-refractivity contribution is -0.119. The molecule has 0 spiro atoms. The van der Waals surface area contributed by atoms with Crippen LogP contribution in [0.4, 0.5) is 5.95 Å². The van der Waals surface area contributed by atoms with Crippen LogP contribution in [0.3, 0.4) is 0 Å². The van der Waals surface area contributed by atoms with E-state index in [1.807, 2.05) is 32.9 Å². The molecule has 0 saturated heterocycles. The van der Waals surface area contributed by atoms with Gasteiger partial charge in [-0.05, 0) is 32.9 Å². The third-order valence-corrected chi connectivity index (χ3v) is 2.88. The Labute approximate surface area is 105 Å². The molecule has 0 saturated carbocycles. The second-order valence-electron chi connectivity index (χ2n) is 5.06. The summed E-state index contributed by atoms with van der Waals surface area (Å²) in [6.07, 6.45) is 0.179. The predicted octanol–water partition coefficient (Wildman–Crippen LogP) is 0.932. The fourth-order valence-electron chi connectivity index (χ4n) is 2.17. The molecular formula is C12H17N5O. The fourth-order valence-corrected chi connectivity index (χ4v) is 2.17. The molecule has 0 aromatic carbocycles. The van der Waals surface area contributed by atoms with E-state index >= 15 is 0 Å². The average molecular weight is 247 g/mol. The molecule has 4 N–H and O–H groups in total. The summed E-state index contributed by atoms with van der Waals surface area (Å²) < 4.78 is 1.76. The number of anilines is 1. The molecule has 0 aliphatic carbocycles. The van der Waals surface area contributed by atoms with Gasteiger partial charge >= 0.3 is 0 Å². The van der Waals surface area contributed by atoms with Crippen LogP contribution in [0, 0.1) is 6.92 Å². The van der Waals surface area contributed by atoms with Crippen molar-refractivity contribution in [1.82, 2.24) is 14.5 Å². The highest BCUT2D eigenvalue weighted by atomic mass is 16.1. The standard InChI is InChI=1S/C12H17N5O/c1-7-4-5-8-10(15-7)17(11(14)16-8)12(2,3)6-9(13)18/h4-5H,6H2,1-3H3,(H2,13,18)(H2,14,16). The zero-order chi connectivity index (χ0) is 13.5. The van der Waals surface area contributed by atoms with E-state index in [4.69, 9.17) is 11.5 Å². The SMILES string of the molecule is Cc1ccc2nc(N)n(C(C)(C)CC(N)=O)c2n1. The minimum Gasteiger partial charge on any atom is -0.370 e. The second-order valence-corrected chi connectivity index (χ2v) is 5.06. The fraction of sp³-hybridized carbons (Fsp3) is 0.417. The van der Waals surface area contributed by atoms with Crippen molar-refractivity contribution >= 4 is 23.0 Å². The van der Waals surface area contributed by atoms with Gasteiger partial charge in [-0.1, -0.05) is 0 Å². The monoisotopic (exact) mass is 247 g/mol. The van der Waals surface area contributed by atoms with Gasteiger partial charge in [-0.25, -0.2) is 9.97 Å². The van der Waals surface area contributed by atoms with Crippen LogP contribution in [0.15, 0.2) is 12.1 Å². The van der Waals surface area contributed by atoms with Gasteiger partial charge in [0.25, 0.3) is 0 Å². The van der Waals surface area contributed by atoms with Crippen molar-refractivity contribution in [2.45, 2.75) is 32.7 Å². The van der Waals surface area contributed by atoms with Crippen molar-refractivity contribution in [3.63, 3.8) is 0 Å². The van der Waals surface area contributed by atoms with E-state index in [1.165, 1.54) is 0 Å². The van der Waals surface area contributed by atoms with Crippen LogP contribution in [-0.4, -0.2) is 20.4 Å². The first-order chi connectivity index (χ1) is 8.31. The number of primary amides is 1. The summed E-state index contributed by atoms with van der Waals surface area (Å²) in [6, 6.07) is 3.74. The van der Waals surface area contributed by atoms with Crippen LogP contribution in [0.1, 0.15) is 26.0 Å². The minimum absolute atomic E-state index is 0.179.